The highest BCUT2D eigenvalue weighted by molar-refractivity contribution is 14.0. The maximum absolute atomic E-state index is 11.8. The van der Waals surface area contributed by atoms with Crippen LogP contribution in [0.5, 0.6) is 0 Å². The highest BCUT2D eigenvalue weighted by Gasteiger charge is 2.16. The predicted molar refractivity (Wildman–Crippen MR) is 117 cm³/mol. The van der Waals surface area contributed by atoms with Crippen molar-refractivity contribution >= 4 is 59.0 Å². The second-order valence-electron chi connectivity index (χ2n) is 6.15. The first kappa shape index (κ1) is 23.3. The Kier molecular flexibility index (Phi) is 10.6. The van der Waals surface area contributed by atoms with Gasteiger partial charge in [-0.1, -0.05) is 29.3 Å². The highest BCUT2D eigenvalue weighted by atomic mass is 127. The number of benzene rings is 1. The van der Waals surface area contributed by atoms with E-state index in [1.165, 1.54) is 4.90 Å². The van der Waals surface area contributed by atoms with E-state index in [9.17, 15) is 4.79 Å². The Hall–Kier alpha value is -0.770. The van der Waals surface area contributed by atoms with Crippen molar-refractivity contribution in [2.45, 2.75) is 13.0 Å². The first-order chi connectivity index (χ1) is 12.0. The van der Waals surface area contributed by atoms with Crippen molar-refractivity contribution in [2.24, 2.45) is 10.9 Å². The molecule has 0 saturated carbocycles. The fourth-order valence-corrected chi connectivity index (χ4v) is 2.76. The molecule has 0 radical (unpaired) electrons. The van der Waals surface area contributed by atoms with Crippen LogP contribution < -0.4 is 10.6 Å². The van der Waals surface area contributed by atoms with Gasteiger partial charge in [-0.05, 0) is 24.1 Å². The number of guanidine groups is 1. The number of ether oxygens (including phenoxy) is 1. The summed E-state index contributed by atoms with van der Waals surface area (Å²) in [6, 6.07) is 5.33. The van der Waals surface area contributed by atoms with Crippen LogP contribution in [0.4, 0.5) is 0 Å². The molecule has 1 aliphatic heterocycles. The van der Waals surface area contributed by atoms with Gasteiger partial charge in [0.1, 0.15) is 0 Å². The number of nitrogens with zero attached hydrogens (tertiary/aromatic N) is 2. The number of carbonyl (C=O) groups excluding carboxylic acids is 1. The Balaban J connectivity index is 0.00000338. The highest BCUT2D eigenvalue weighted by Crippen LogP contribution is 2.21. The molecule has 2 rings (SSSR count). The first-order valence-electron chi connectivity index (χ1n) is 8.19. The molecule has 1 amide bonds. The zero-order valence-electron chi connectivity index (χ0n) is 14.9. The Morgan fingerprint density at radius 1 is 1.35 bits per heavy atom. The molecule has 1 fully saturated rings. The Bertz CT molecular complexity index is 623. The number of nitrogens with one attached hydrogen (secondary N) is 2. The summed E-state index contributed by atoms with van der Waals surface area (Å²) >= 11 is 12.1. The van der Waals surface area contributed by atoms with Crippen LogP contribution >= 0.6 is 47.2 Å². The number of hydrogen-bond acceptors (Lipinski definition) is 3. The Morgan fingerprint density at radius 2 is 2.12 bits per heavy atom. The van der Waals surface area contributed by atoms with Gasteiger partial charge in [0.15, 0.2) is 5.96 Å². The third kappa shape index (κ3) is 7.85. The van der Waals surface area contributed by atoms with Crippen LogP contribution in [0.25, 0.3) is 0 Å². The number of amides is 1. The van der Waals surface area contributed by atoms with Gasteiger partial charge in [-0.2, -0.15) is 0 Å². The van der Waals surface area contributed by atoms with Gasteiger partial charge in [0.05, 0.1) is 19.7 Å². The average Bonchev–Trinajstić information content (AvgIpc) is 3.08. The van der Waals surface area contributed by atoms with Crippen LogP contribution in [-0.4, -0.2) is 57.2 Å². The van der Waals surface area contributed by atoms with Gasteiger partial charge in [0.25, 0.3) is 0 Å². The van der Waals surface area contributed by atoms with Gasteiger partial charge < -0.3 is 20.3 Å². The largest absolute Gasteiger partial charge is 0.381 e. The average molecular weight is 515 g/mol. The van der Waals surface area contributed by atoms with E-state index in [2.05, 4.69) is 15.6 Å². The van der Waals surface area contributed by atoms with Crippen molar-refractivity contribution in [3.8, 4) is 0 Å². The van der Waals surface area contributed by atoms with Crippen LogP contribution in [0.2, 0.25) is 10.0 Å². The van der Waals surface area contributed by atoms with Crippen molar-refractivity contribution in [3.05, 3.63) is 33.8 Å². The minimum atomic E-state index is -0.0248. The van der Waals surface area contributed by atoms with Gasteiger partial charge in [0.2, 0.25) is 5.91 Å². The molecule has 1 aliphatic rings. The van der Waals surface area contributed by atoms with Gasteiger partial charge in [-0.3, -0.25) is 4.79 Å². The summed E-state index contributed by atoms with van der Waals surface area (Å²) in [4.78, 5) is 17.9. The monoisotopic (exact) mass is 514 g/mol. The maximum atomic E-state index is 11.8. The van der Waals surface area contributed by atoms with E-state index in [-0.39, 0.29) is 36.4 Å². The summed E-state index contributed by atoms with van der Waals surface area (Å²) in [5.74, 6) is 1.01. The van der Waals surface area contributed by atoms with Crippen LogP contribution in [0.1, 0.15) is 12.0 Å². The molecule has 0 bridgehead atoms. The van der Waals surface area contributed by atoms with Crippen LogP contribution in [0, 0.1) is 5.92 Å². The third-order valence-electron chi connectivity index (χ3n) is 3.91. The standard InChI is InChI=1S/C17H24Cl2N4O2.HI/c1-23(2)16(24)10-22-17(20-8-12-5-6-25-11-12)21-9-13-3-4-14(18)7-15(13)19;/h3-4,7,12H,5-6,8-11H2,1-2H3,(H2,20,21,22);1H. The molecule has 0 aromatic heterocycles. The number of carbonyl (C=O) groups is 1. The normalized spacial score (nSPS) is 16.8. The lowest BCUT2D eigenvalue weighted by Crippen LogP contribution is -2.44. The molecular weight excluding hydrogens is 490 g/mol. The number of halogens is 3. The van der Waals surface area contributed by atoms with E-state index in [0.29, 0.717) is 28.5 Å². The van der Waals surface area contributed by atoms with E-state index in [0.717, 1.165) is 31.7 Å². The smallest absolute Gasteiger partial charge is 0.241 e. The lowest BCUT2D eigenvalue weighted by Gasteiger charge is -2.16. The van der Waals surface area contributed by atoms with Gasteiger partial charge in [-0.25, -0.2) is 4.99 Å². The zero-order chi connectivity index (χ0) is 18.2. The summed E-state index contributed by atoms with van der Waals surface area (Å²) in [5.41, 5.74) is 0.871. The predicted octanol–water partition coefficient (Wildman–Crippen LogP) is 2.77. The molecule has 1 heterocycles. The van der Waals surface area contributed by atoms with E-state index in [1.807, 2.05) is 6.07 Å². The first-order valence-corrected chi connectivity index (χ1v) is 8.95. The van der Waals surface area contributed by atoms with Crippen LogP contribution in [0.15, 0.2) is 23.2 Å². The topological polar surface area (TPSA) is 66.0 Å². The summed E-state index contributed by atoms with van der Waals surface area (Å²) in [5, 5.41) is 7.50. The lowest BCUT2D eigenvalue weighted by atomic mass is 10.1. The van der Waals surface area contributed by atoms with Crippen molar-refractivity contribution in [1.82, 2.24) is 15.5 Å². The summed E-state index contributed by atoms with van der Waals surface area (Å²) in [7, 11) is 3.44. The molecule has 1 aromatic carbocycles. The fraction of sp³-hybridized carbons (Fsp3) is 0.529. The van der Waals surface area contributed by atoms with Crippen LogP contribution in [-0.2, 0) is 16.1 Å². The Labute approximate surface area is 181 Å². The molecule has 1 aromatic rings. The lowest BCUT2D eigenvalue weighted by molar-refractivity contribution is -0.127. The van der Waals surface area contributed by atoms with Crippen molar-refractivity contribution < 1.29 is 9.53 Å². The number of likely N-dealkylation sites (N-methyl/N-ethyl adjacent to an activating group) is 1. The number of rotatable bonds is 6. The van der Waals surface area contributed by atoms with Crippen molar-refractivity contribution in [1.29, 1.82) is 0 Å². The molecular formula is C17H25Cl2IN4O2. The summed E-state index contributed by atoms with van der Waals surface area (Å²) in [6.07, 6.45) is 1.03. The molecule has 9 heteroatoms. The maximum Gasteiger partial charge on any atom is 0.241 e. The molecule has 0 spiro atoms. The SMILES string of the molecule is CN(C)C(=O)CNC(=NCc1ccc(Cl)cc1Cl)NCC1CCOC1.I. The van der Waals surface area contributed by atoms with E-state index >= 15 is 0 Å². The van der Waals surface area contributed by atoms with Crippen molar-refractivity contribution in [3.63, 3.8) is 0 Å². The summed E-state index contributed by atoms with van der Waals surface area (Å²) in [6.45, 7) is 2.86. The quantitative estimate of drug-likeness (QED) is 0.348. The second-order valence-corrected chi connectivity index (χ2v) is 7.00. The Morgan fingerprint density at radius 3 is 2.73 bits per heavy atom. The number of hydrogen-bond donors (Lipinski definition) is 2. The second kappa shape index (κ2) is 11.8. The van der Waals surface area contributed by atoms with E-state index < -0.39 is 0 Å². The van der Waals surface area contributed by atoms with Crippen LogP contribution in [0.3, 0.4) is 0 Å². The molecule has 0 aliphatic carbocycles. The molecule has 6 nitrogen and oxygen atoms in total. The number of aliphatic imine (C=N–C) groups is 1. The molecule has 1 unspecified atom stereocenters. The minimum absolute atomic E-state index is 0. The van der Waals surface area contributed by atoms with E-state index in [1.54, 1.807) is 26.2 Å². The van der Waals surface area contributed by atoms with Gasteiger partial charge >= 0.3 is 0 Å². The third-order valence-corrected chi connectivity index (χ3v) is 4.50. The summed E-state index contributed by atoms with van der Waals surface area (Å²) < 4.78 is 5.38. The molecule has 1 atom stereocenters. The molecule has 2 N–H and O–H groups in total. The van der Waals surface area contributed by atoms with E-state index in [4.69, 9.17) is 27.9 Å². The van der Waals surface area contributed by atoms with Gasteiger partial charge in [0, 0.05) is 43.2 Å². The molecule has 26 heavy (non-hydrogen) atoms. The molecule has 1 saturated heterocycles. The zero-order valence-corrected chi connectivity index (χ0v) is 18.8. The minimum Gasteiger partial charge on any atom is -0.381 e. The molecule has 146 valence electrons. The van der Waals surface area contributed by atoms with Gasteiger partial charge in [-0.15, -0.1) is 24.0 Å². The fourth-order valence-electron chi connectivity index (χ4n) is 2.29. The van der Waals surface area contributed by atoms with Crippen molar-refractivity contribution in [2.75, 3.05) is 40.4 Å².